The summed E-state index contributed by atoms with van der Waals surface area (Å²) < 4.78 is 7.30. The van der Waals surface area contributed by atoms with E-state index in [1.165, 1.54) is 0 Å². The molecule has 0 bridgehead atoms. The third-order valence-electron chi connectivity index (χ3n) is 3.79. The summed E-state index contributed by atoms with van der Waals surface area (Å²) in [6.45, 7) is 8.96. The van der Waals surface area contributed by atoms with Gasteiger partial charge in [0.1, 0.15) is 6.10 Å². The predicted octanol–water partition coefficient (Wildman–Crippen LogP) is 3.40. The van der Waals surface area contributed by atoms with Crippen molar-refractivity contribution in [3.05, 3.63) is 47.8 Å². The number of benzene rings is 1. The molecule has 0 spiro atoms. The van der Waals surface area contributed by atoms with Gasteiger partial charge in [-0.25, -0.2) is 4.79 Å². The Hall–Kier alpha value is -2.27. The van der Waals surface area contributed by atoms with Crippen molar-refractivity contribution in [2.24, 2.45) is 5.73 Å². The van der Waals surface area contributed by atoms with Crippen molar-refractivity contribution >= 4 is 11.8 Å². The summed E-state index contributed by atoms with van der Waals surface area (Å²) >= 11 is 0. The van der Waals surface area contributed by atoms with Gasteiger partial charge in [-0.05, 0) is 49.2 Å². The molecule has 1 amide bonds. The van der Waals surface area contributed by atoms with Gasteiger partial charge in [0.25, 0.3) is 0 Å². The number of hydrogen-bond acceptors (Lipinski definition) is 3. The maximum Gasteiger partial charge on any atom is 0.414 e. The molecule has 5 nitrogen and oxygen atoms in total. The number of nitrogens with zero attached hydrogens (tertiary/aromatic N) is 2. The Bertz CT molecular complexity index is 642. The van der Waals surface area contributed by atoms with Crippen LogP contribution in [0.4, 0.5) is 10.5 Å². The minimum absolute atomic E-state index is 0.220. The van der Waals surface area contributed by atoms with Crippen LogP contribution in [0.5, 0.6) is 0 Å². The van der Waals surface area contributed by atoms with E-state index in [2.05, 4.69) is 4.57 Å². The molecule has 23 heavy (non-hydrogen) atoms. The standard InChI is InChI=1S/C16H19N3O2.C2H6/c1-11-7-13(19-10-14(9-17)21-16(19)20)8-12(2)15(11)18-5-3-4-6-18;1-2/h3-8,14H,9-10,17H2,1-2H3;1-2H3/t14-;/m0./s1. The van der Waals surface area contributed by atoms with Crippen molar-refractivity contribution in [2.45, 2.75) is 33.8 Å². The van der Waals surface area contributed by atoms with Gasteiger partial charge in [-0.15, -0.1) is 0 Å². The Morgan fingerprint density at radius 2 is 1.74 bits per heavy atom. The number of carbonyl (C=O) groups is 1. The van der Waals surface area contributed by atoms with E-state index in [1.54, 1.807) is 4.90 Å². The summed E-state index contributed by atoms with van der Waals surface area (Å²) in [6.07, 6.45) is 3.49. The number of anilines is 1. The molecule has 5 heteroatoms. The Morgan fingerprint density at radius 1 is 1.17 bits per heavy atom. The fourth-order valence-corrected chi connectivity index (χ4v) is 2.83. The number of aromatic nitrogens is 1. The first-order valence-electron chi connectivity index (χ1n) is 8.03. The van der Waals surface area contributed by atoms with Crippen molar-refractivity contribution in [3.8, 4) is 5.69 Å². The number of ether oxygens (including phenoxy) is 1. The maximum atomic E-state index is 11.9. The molecule has 1 fully saturated rings. The minimum atomic E-state index is -0.321. The first kappa shape index (κ1) is 17.1. The summed E-state index contributed by atoms with van der Waals surface area (Å²) in [5, 5.41) is 0. The molecule has 1 aliphatic heterocycles. The van der Waals surface area contributed by atoms with E-state index in [0.29, 0.717) is 13.1 Å². The van der Waals surface area contributed by atoms with Gasteiger partial charge < -0.3 is 15.0 Å². The predicted molar refractivity (Wildman–Crippen MR) is 93.3 cm³/mol. The quantitative estimate of drug-likeness (QED) is 0.944. The van der Waals surface area contributed by atoms with E-state index in [-0.39, 0.29) is 12.2 Å². The number of rotatable bonds is 3. The van der Waals surface area contributed by atoms with E-state index < -0.39 is 0 Å². The van der Waals surface area contributed by atoms with E-state index in [9.17, 15) is 4.79 Å². The second-order valence-corrected chi connectivity index (χ2v) is 5.37. The number of amides is 1. The van der Waals surface area contributed by atoms with Crippen molar-refractivity contribution in [2.75, 3.05) is 18.0 Å². The molecule has 1 atom stereocenters. The molecule has 1 aromatic heterocycles. The maximum absolute atomic E-state index is 11.9. The van der Waals surface area contributed by atoms with Crippen LogP contribution in [0.2, 0.25) is 0 Å². The molecular formula is C18H25N3O2. The Labute approximate surface area is 137 Å². The normalized spacial score (nSPS) is 16.8. The lowest BCUT2D eigenvalue weighted by molar-refractivity contribution is 0.145. The van der Waals surface area contributed by atoms with Crippen LogP contribution in [0, 0.1) is 13.8 Å². The second-order valence-electron chi connectivity index (χ2n) is 5.37. The van der Waals surface area contributed by atoms with Gasteiger partial charge in [-0.2, -0.15) is 0 Å². The molecular weight excluding hydrogens is 290 g/mol. The van der Waals surface area contributed by atoms with Gasteiger partial charge in [-0.1, -0.05) is 13.8 Å². The zero-order valence-corrected chi connectivity index (χ0v) is 14.2. The smallest absolute Gasteiger partial charge is 0.414 e. The molecule has 1 aliphatic rings. The fourth-order valence-electron chi connectivity index (χ4n) is 2.83. The lowest BCUT2D eigenvalue weighted by Crippen LogP contribution is -2.27. The Kier molecular flexibility index (Phi) is 5.45. The topological polar surface area (TPSA) is 60.5 Å². The number of carbonyl (C=O) groups excluding carboxylic acids is 1. The Morgan fingerprint density at radius 3 is 2.22 bits per heavy atom. The van der Waals surface area contributed by atoms with Crippen LogP contribution >= 0.6 is 0 Å². The van der Waals surface area contributed by atoms with E-state index in [4.69, 9.17) is 10.5 Å². The van der Waals surface area contributed by atoms with Crippen molar-refractivity contribution in [3.63, 3.8) is 0 Å². The lowest BCUT2D eigenvalue weighted by Gasteiger charge is -2.18. The van der Waals surface area contributed by atoms with Gasteiger partial charge in [0.2, 0.25) is 0 Å². The van der Waals surface area contributed by atoms with Crippen LogP contribution < -0.4 is 10.6 Å². The molecule has 0 radical (unpaired) electrons. The van der Waals surface area contributed by atoms with Crippen LogP contribution in [0.3, 0.4) is 0 Å². The minimum Gasteiger partial charge on any atom is -0.443 e. The average molecular weight is 315 g/mol. The van der Waals surface area contributed by atoms with Gasteiger partial charge in [0.15, 0.2) is 0 Å². The SMILES string of the molecule is CC.Cc1cc(N2C[C@H](CN)OC2=O)cc(C)c1-n1cccc1. The van der Waals surface area contributed by atoms with Crippen LogP contribution in [0.25, 0.3) is 5.69 Å². The lowest BCUT2D eigenvalue weighted by atomic mass is 10.1. The third kappa shape index (κ3) is 3.40. The van der Waals surface area contributed by atoms with Crippen LogP contribution in [-0.4, -0.2) is 29.9 Å². The number of hydrogen-bond donors (Lipinski definition) is 1. The summed E-state index contributed by atoms with van der Waals surface area (Å²) in [5.74, 6) is 0. The summed E-state index contributed by atoms with van der Waals surface area (Å²) in [7, 11) is 0. The fraction of sp³-hybridized carbons (Fsp3) is 0.389. The molecule has 1 saturated heterocycles. The van der Waals surface area contributed by atoms with Crippen molar-refractivity contribution in [1.82, 2.24) is 4.57 Å². The first-order valence-corrected chi connectivity index (χ1v) is 8.03. The third-order valence-corrected chi connectivity index (χ3v) is 3.79. The van der Waals surface area contributed by atoms with Gasteiger partial charge in [0, 0.05) is 24.6 Å². The van der Waals surface area contributed by atoms with Gasteiger partial charge >= 0.3 is 6.09 Å². The number of nitrogens with two attached hydrogens (primary N) is 1. The zero-order valence-electron chi connectivity index (χ0n) is 14.2. The summed E-state index contributed by atoms with van der Waals surface area (Å²) in [4.78, 5) is 13.6. The van der Waals surface area contributed by atoms with Crippen molar-refractivity contribution < 1.29 is 9.53 Å². The molecule has 0 saturated carbocycles. The van der Waals surface area contributed by atoms with Gasteiger partial charge in [0.05, 0.1) is 12.2 Å². The highest BCUT2D eigenvalue weighted by molar-refractivity contribution is 5.90. The number of cyclic esters (lactones) is 1. The molecule has 2 N–H and O–H groups in total. The average Bonchev–Trinajstić information content (AvgIpc) is 3.18. The molecule has 2 heterocycles. The summed E-state index contributed by atoms with van der Waals surface area (Å²) in [5.41, 5.74) is 9.82. The zero-order chi connectivity index (χ0) is 17.0. The monoisotopic (exact) mass is 315 g/mol. The highest BCUT2D eigenvalue weighted by atomic mass is 16.6. The van der Waals surface area contributed by atoms with Gasteiger partial charge in [-0.3, -0.25) is 4.90 Å². The molecule has 1 aromatic carbocycles. The highest BCUT2D eigenvalue weighted by Gasteiger charge is 2.31. The first-order chi connectivity index (χ1) is 11.1. The molecule has 0 unspecified atom stereocenters. The highest BCUT2D eigenvalue weighted by Crippen LogP contribution is 2.28. The Balaban J connectivity index is 0.000000924. The summed E-state index contributed by atoms with van der Waals surface area (Å²) in [6, 6.07) is 8.03. The number of aryl methyl sites for hydroxylation is 2. The molecule has 3 rings (SSSR count). The molecule has 2 aromatic rings. The van der Waals surface area contributed by atoms with Crippen LogP contribution in [-0.2, 0) is 4.74 Å². The van der Waals surface area contributed by atoms with E-state index in [0.717, 1.165) is 22.5 Å². The van der Waals surface area contributed by atoms with E-state index >= 15 is 0 Å². The molecule has 124 valence electrons. The van der Waals surface area contributed by atoms with Crippen LogP contribution in [0.1, 0.15) is 25.0 Å². The molecule has 0 aliphatic carbocycles. The second kappa shape index (κ2) is 7.33. The van der Waals surface area contributed by atoms with Crippen molar-refractivity contribution in [1.29, 1.82) is 0 Å². The van der Waals surface area contributed by atoms with E-state index in [1.807, 2.05) is 64.4 Å². The van der Waals surface area contributed by atoms with Crippen LogP contribution in [0.15, 0.2) is 36.7 Å². The largest absolute Gasteiger partial charge is 0.443 e.